The van der Waals surface area contributed by atoms with E-state index in [1.54, 1.807) is 13.1 Å². The van der Waals surface area contributed by atoms with Gasteiger partial charge in [-0.1, -0.05) is 0 Å². The molecular formula is C12H19NO3. The minimum absolute atomic E-state index is 0.147. The summed E-state index contributed by atoms with van der Waals surface area (Å²) in [6.45, 7) is 2.19. The van der Waals surface area contributed by atoms with Crippen molar-refractivity contribution in [3.05, 3.63) is 11.8 Å². The zero-order valence-corrected chi connectivity index (χ0v) is 10.2. The van der Waals surface area contributed by atoms with Crippen LogP contribution in [-0.2, 0) is 14.3 Å². The maximum absolute atomic E-state index is 11.6. The first-order valence-electron chi connectivity index (χ1n) is 5.61. The highest BCUT2D eigenvalue weighted by Gasteiger charge is 2.29. The average Bonchev–Trinajstić information content (AvgIpc) is 2.21. The Labute approximate surface area is 96.3 Å². The summed E-state index contributed by atoms with van der Waals surface area (Å²) in [6.07, 6.45) is 3.37. The van der Waals surface area contributed by atoms with E-state index in [0.29, 0.717) is 25.9 Å². The maximum atomic E-state index is 11.6. The standard InChI is InChI=1S/C12H19NO3/c1-4-16-12(15)9-5-6-11(14)10(7-9)8-13(2)3/h8-9H,4-7H2,1-3H3/b10-8+. The third-order valence-electron chi connectivity index (χ3n) is 2.58. The van der Waals surface area contributed by atoms with Crippen LogP contribution in [0, 0.1) is 5.92 Å². The number of ether oxygens (including phenoxy) is 1. The molecule has 0 saturated heterocycles. The van der Waals surface area contributed by atoms with Gasteiger partial charge in [-0.05, 0) is 19.8 Å². The summed E-state index contributed by atoms with van der Waals surface area (Å²) in [6, 6.07) is 0. The fraction of sp³-hybridized carbons (Fsp3) is 0.667. The van der Waals surface area contributed by atoms with Crippen LogP contribution < -0.4 is 0 Å². The largest absolute Gasteiger partial charge is 0.466 e. The summed E-state index contributed by atoms with van der Waals surface area (Å²) in [5.74, 6) is -0.183. The Morgan fingerprint density at radius 1 is 1.56 bits per heavy atom. The summed E-state index contributed by atoms with van der Waals surface area (Å²) in [4.78, 5) is 25.0. The Balaban J connectivity index is 2.67. The van der Waals surface area contributed by atoms with Gasteiger partial charge < -0.3 is 9.64 Å². The predicted octanol–water partition coefficient (Wildman–Crippen LogP) is 1.36. The molecule has 1 rings (SSSR count). The zero-order valence-electron chi connectivity index (χ0n) is 10.2. The van der Waals surface area contributed by atoms with Crippen LogP contribution in [0.25, 0.3) is 0 Å². The average molecular weight is 225 g/mol. The Bertz CT molecular complexity index is 307. The number of nitrogens with zero attached hydrogens (tertiary/aromatic N) is 1. The molecule has 16 heavy (non-hydrogen) atoms. The van der Waals surface area contributed by atoms with Crippen molar-refractivity contribution in [1.82, 2.24) is 4.90 Å². The lowest BCUT2D eigenvalue weighted by molar-refractivity contribution is -0.148. The number of hydrogen-bond donors (Lipinski definition) is 0. The number of rotatable bonds is 3. The van der Waals surface area contributed by atoms with E-state index in [4.69, 9.17) is 4.74 Å². The summed E-state index contributed by atoms with van der Waals surface area (Å²) >= 11 is 0. The highest BCUT2D eigenvalue weighted by Crippen LogP contribution is 2.27. The van der Waals surface area contributed by atoms with E-state index in [2.05, 4.69) is 0 Å². The molecule has 1 aliphatic carbocycles. The Kier molecular flexibility index (Phi) is 4.52. The van der Waals surface area contributed by atoms with E-state index in [0.717, 1.165) is 5.57 Å². The van der Waals surface area contributed by atoms with Gasteiger partial charge >= 0.3 is 5.97 Å². The van der Waals surface area contributed by atoms with Crippen LogP contribution in [0.1, 0.15) is 26.2 Å². The molecule has 90 valence electrons. The van der Waals surface area contributed by atoms with Crippen molar-refractivity contribution in [3.8, 4) is 0 Å². The highest BCUT2D eigenvalue weighted by molar-refractivity contribution is 5.97. The number of carbonyl (C=O) groups excluding carboxylic acids is 2. The molecule has 0 aromatic carbocycles. The van der Waals surface area contributed by atoms with E-state index in [-0.39, 0.29) is 17.7 Å². The molecule has 0 aliphatic heterocycles. The summed E-state index contributed by atoms with van der Waals surface area (Å²) < 4.78 is 4.98. The van der Waals surface area contributed by atoms with Gasteiger partial charge in [0.2, 0.25) is 0 Å². The number of hydrogen-bond acceptors (Lipinski definition) is 4. The van der Waals surface area contributed by atoms with E-state index in [1.165, 1.54) is 0 Å². The molecule has 1 aliphatic rings. The minimum atomic E-state index is -0.181. The smallest absolute Gasteiger partial charge is 0.309 e. The van der Waals surface area contributed by atoms with Gasteiger partial charge in [0.25, 0.3) is 0 Å². The number of allylic oxidation sites excluding steroid dienone is 1. The van der Waals surface area contributed by atoms with Crippen LogP contribution >= 0.6 is 0 Å². The summed E-state index contributed by atoms with van der Waals surface area (Å²) in [5.41, 5.74) is 0.731. The first-order chi connectivity index (χ1) is 7.54. The van der Waals surface area contributed by atoms with Crippen LogP contribution in [0.3, 0.4) is 0 Å². The Morgan fingerprint density at radius 2 is 2.25 bits per heavy atom. The van der Waals surface area contributed by atoms with Crippen molar-refractivity contribution in [2.75, 3.05) is 20.7 Å². The van der Waals surface area contributed by atoms with E-state index in [1.807, 2.05) is 19.0 Å². The molecule has 0 N–H and O–H groups in total. The third kappa shape index (κ3) is 3.36. The maximum Gasteiger partial charge on any atom is 0.309 e. The van der Waals surface area contributed by atoms with E-state index >= 15 is 0 Å². The molecule has 0 amide bonds. The number of esters is 1. The molecule has 4 heteroatoms. The SMILES string of the molecule is CCOC(=O)C1CCC(=O)/C(=C/N(C)C)C1. The molecule has 0 spiro atoms. The predicted molar refractivity (Wildman–Crippen MR) is 60.8 cm³/mol. The van der Waals surface area contributed by atoms with E-state index in [9.17, 15) is 9.59 Å². The molecule has 1 saturated carbocycles. The van der Waals surface area contributed by atoms with Crippen molar-refractivity contribution >= 4 is 11.8 Å². The third-order valence-corrected chi connectivity index (χ3v) is 2.58. The van der Waals surface area contributed by atoms with Crippen molar-refractivity contribution in [1.29, 1.82) is 0 Å². The number of Topliss-reactive ketones (excluding diaryl/α,β-unsaturated/α-hetero) is 1. The first-order valence-corrected chi connectivity index (χ1v) is 5.61. The number of carbonyl (C=O) groups is 2. The Hall–Kier alpha value is -1.32. The second-order valence-electron chi connectivity index (χ2n) is 4.23. The molecule has 0 bridgehead atoms. The second-order valence-corrected chi connectivity index (χ2v) is 4.23. The topological polar surface area (TPSA) is 46.6 Å². The van der Waals surface area contributed by atoms with Crippen molar-refractivity contribution in [3.63, 3.8) is 0 Å². The molecule has 0 radical (unpaired) electrons. The van der Waals surface area contributed by atoms with Gasteiger partial charge in [0.1, 0.15) is 0 Å². The van der Waals surface area contributed by atoms with Crippen molar-refractivity contribution in [2.24, 2.45) is 5.92 Å². The second kappa shape index (κ2) is 5.68. The van der Waals surface area contributed by atoms with Crippen LogP contribution in [0.2, 0.25) is 0 Å². The zero-order chi connectivity index (χ0) is 12.1. The molecule has 1 atom stereocenters. The fourth-order valence-corrected chi connectivity index (χ4v) is 1.84. The quantitative estimate of drug-likeness (QED) is 0.537. The summed E-state index contributed by atoms with van der Waals surface area (Å²) in [5, 5.41) is 0. The highest BCUT2D eigenvalue weighted by atomic mass is 16.5. The van der Waals surface area contributed by atoms with Gasteiger partial charge in [0.15, 0.2) is 5.78 Å². The van der Waals surface area contributed by atoms with Crippen LogP contribution in [0.4, 0.5) is 0 Å². The van der Waals surface area contributed by atoms with Crippen LogP contribution in [0.5, 0.6) is 0 Å². The molecule has 4 nitrogen and oxygen atoms in total. The fourth-order valence-electron chi connectivity index (χ4n) is 1.84. The van der Waals surface area contributed by atoms with Gasteiger partial charge in [-0.2, -0.15) is 0 Å². The van der Waals surface area contributed by atoms with Gasteiger partial charge in [-0.25, -0.2) is 0 Å². The first kappa shape index (κ1) is 12.7. The molecule has 0 aromatic rings. The lowest BCUT2D eigenvalue weighted by Crippen LogP contribution is -2.26. The normalized spacial score (nSPS) is 23.3. The van der Waals surface area contributed by atoms with Gasteiger partial charge in [-0.3, -0.25) is 9.59 Å². The van der Waals surface area contributed by atoms with Crippen LogP contribution in [-0.4, -0.2) is 37.4 Å². The molecule has 1 unspecified atom stereocenters. The number of ketones is 1. The van der Waals surface area contributed by atoms with Gasteiger partial charge in [-0.15, -0.1) is 0 Å². The molecule has 0 heterocycles. The van der Waals surface area contributed by atoms with Gasteiger partial charge in [0.05, 0.1) is 12.5 Å². The summed E-state index contributed by atoms with van der Waals surface area (Å²) in [7, 11) is 3.74. The minimum Gasteiger partial charge on any atom is -0.466 e. The molecule has 1 fully saturated rings. The van der Waals surface area contributed by atoms with Gasteiger partial charge in [0, 0.05) is 32.3 Å². The lowest BCUT2D eigenvalue weighted by Gasteiger charge is -2.22. The lowest BCUT2D eigenvalue weighted by atomic mass is 9.85. The monoisotopic (exact) mass is 225 g/mol. The van der Waals surface area contributed by atoms with Crippen molar-refractivity contribution < 1.29 is 14.3 Å². The van der Waals surface area contributed by atoms with Crippen molar-refractivity contribution in [2.45, 2.75) is 26.2 Å². The molecular weight excluding hydrogens is 206 g/mol. The van der Waals surface area contributed by atoms with Crippen LogP contribution in [0.15, 0.2) is 11.8 Å². The Morgan fingerprint density at radius 3 is 2.81 bits per heavy atom. The van der Waals surface area contributed by atoms with E-state index < -0.39 is 0 Å². The molecule has 0 aromatic heterocycles.